The highest BCUT2D eigenvalue weighted by molar-refractivity contribution is 5.81. The molecular weight excluding hydrogens is 306 g/mol. The molecule has 0 N–H and O–H groups in total. The van der Waals surface area contributed by atoms with E-state index in [9.17, 15) is 4.79 Å². The van der Waals surface area contributed by atoms with Gasteiger partial charge in [-0.15, -0.1) is 0 Å². The highest BCUT2D eigenvalue weighted by Crippen LogP contribution is 2.31. The Hall–Kier alpha value is -2.88. The molecule has 3 rings (SSSR count). The van der Waals surface area contributed by atoms with Crippen molar-refractivity contribution in [3.8, 4) is 6.07 Å². The van der Waals surface area contributed by atoms with Gasteiger partial charge in [-0.25, -0.2) is 4.98 Å². The lowest BCUT2D eigenvalue weighted by Gasteiger charge is -2.26. The molecule has 7 nitrogen and oxygen atoms in total. The molecule has 0 spiro atoms. The zero-order valence-electron chi connectivity index (χ0n) is 13.8. The Bertz CT molecular complexity index is 762. The normalized spacial score (nSPS) is 16.9. The van der Waals surface area contributed by atoms with Gasteiger partial charge < -0.3 is 14.3 Å². The summed E-state index contributed by atoms with van der Waals surface area (Å²) >= 11 is 0. The second kappa shape index (κ2) is 6.71. The molecule has 2 aromatic rings. The molecule has 0 aromatic carbocycles. The lowest BCUT2D eigenvalue weighted by Crippen LogP contribution is -2.39. The fraction of sp³-hybridized carbons (Fsp3) is 0.412. The lowest BCUT2D eigenvalue weighted by atomic mass is 10.1. The first-order valence-electron chi connectivity index (χ1n) is 7.88. The van der Waals surface area contributed by atoms with Gasteiger partial charge in [0, 0.05) is 25.9 Å². The van der Waals surface area contributed by atoms with Gasteiger partial charge in [0.25, 0.3) is 0 Å². The number of carbonyl (C=O) groups is 1. The molecule has 1 fully saturated rings. The van der Waals surface area contributed by atoms with Crippen LogP contribution < -0.4 is 4.90 Å². The van der Waals surface area contributed by atoms with Crippen LogP contribution in [0.4, 0.5) is 5.82 Å². The number of carbonyl (C=O) groups excluding carboxylic acids is 1. The Balaban J connectivity index is 1.68. The number of rotatable bonds is 4. The molecule has 0 bridgehead atoms. The molecule has 1 atom stereocenters. The van der Waals surface area contributed by atoms with E-state index in [1.165, 1.54) is 6.20 Å². The number of hydrogen-bond donors (Lipinski definition) is 0. The number of amides is 1. The second-order valence-corrected chi connectivity index (χ2v) is 5.98. The molecule has 1 saturated heterocycles. The fourth-order valence-corrected chi connectivity index (χ4v) is 2.97. The first-order valence-corrected chi connectivity index (χ1v) is 7.88. The molecule has 1 aliphatic rings. The molecule has 7 heteroatoms. The van der Waals surface area contributed by atoms with Gasteiger partial charge in [0.2, 0.25) is 5.91 Å². The third-order valence-corrected chi connectivity index (χ3v) is 4.20. The average Bonchev–Trinajstić information content (AvgIpc) is 3.23. The topological polar surface area (TPSA) is 86.3 Å². The molecule has 1 aliphatic heterocycles. The van der Waals surface area contributed by atoms with Crippen LogP contribution >= 0.6 is 0 Å². The van der Waals surface area contributed by atoms with Crippen molar-refractivity contribution in [2.75, 3.05) is 25.0 Å². The number of hydrogen-bond acceptors (Lipinski definition) is 6. The summed E-state index contributed by atoms with van der Waals surface area (Å²) in [7, 11) is 1.82. The van der Waals surface area contributed by atoms with Crippen LogP contribution in [0.15, 0.2) is 28.9 Å². The van der Waals surface area contributed by atoms with Crippen molar-refractivity contribution < 1.29 is 9.32 Å². The monoisotopic (exact) mass is 325 g/mol. The quantitative estimate of drug-likeness (QED) is 0.855. The van der Waals surface area contributed by atoms with Crippen LogP contribution in [0.1, 0.15) is 35.9 Å². The van der Waals surface area contributed by atoms with Crippen molar-refractivity contribution in [1.82, 2.24) is 15.0 Å². The Morgan fingerprint density at radius 1 is 1.54 bits per heavy atom. The van der Waals surface area contributed by atoms with E-state index in [1.807, 2.05) is 31.0 Å². The minimum atomic E-state index is -0.0164. The predicted octanol–water partition coefficient (Wildman–Crippen LogP) is 2.05. The van der Waals surface area contributed by atoms with E-state index < -0.39 is 0 Å². The molecule has 0 radical (unpaired) electrons. The van der Waals surface area contributed by atoms with Crippen molar-refractivity contribution in [2.24, 2.45) is 0 Å². The van der Waals surface area contributed by atoms with Crippen LogP contribution in [0, 0.1) is 18.3 Å². The number of likely N-dealkylation sites (tertiary alicyclic amines) is 1. The smallest absolute Gasteiger partial charge is 0.242 e. The summed E-state index contributed by atoms with van der Waals surface area (Å²) in [6.45, 7) is 2.80. The van der Waals surface area contributed by atoms with Crippen LogP contribution in [0.5, 0.6) is 0 Å². The van der Waals surface area contributed by atoms with Crippen molar-refractivity contribution in [3.63, 3.8) is 0 Å². The number of nitriles is 1. The standard InChI is InChI=1S/C17H19N5O2/c1-12-8-14(20-24-12)15-4-3-7-22(15)17(23)11-21(2)16-6-5-13(9-18)10-19-16/h5-6,8,10,15H,3-4,7,11H2,1-2H3/t15-/m0/s1. The van der Waals surface area contributed by atoms with Gasteiger partial charge in [0.1, 0.15) is 23.3 Å². The van der Waals surface area contributed by atoms with E-state index in [4.69, 9.17) is 9.78 Å². The summed E-state index contributed by atoms with van der Waals surface area (Å²) < 4.78 is 5.14. The zero-order chi connectivity index (χ0) is 17.1. The molecule has 0 aliphatic carbocycles. The summed E-state index contributed by atoms with van der Waals surface area (Å²) in [5.41, 5.74) is 1.32. The summed E-state index contributed by atoms with van der Waals surface area (Å²) in [6, 6.07) is 7.35. The van der Waals surface area contributed by atoms with Gasteiger partial charge in [-0.2, -0.15) is 5.26 Å². The molecule has 2 aromatic heterocycles. The molecule has 1 amide bonds. The highest BCUT2D eigenvalue weighted by Gasteiger charge is 2.32. The third-order valence-electron chi connectivity index (χ3n) is 4.20. The van der Waals surface area contributed by atoms with E-state index in [-0.39, 0.29) is 18.5 Å². The largest absolute Gasteiger partial charge is 0.361 e. The van der Waals surface area contributed by atoms with Crippen LogP contribution in [0.3, 0.4) is 0 Å². The van der Waals surface area contributed by atoms with Crippen molar-refractivity contribution in [3.05, 3.63) is 41.4 Å². The molecule has 124 valence electrons. The van der Waals surface area contributed by atoms with Crippen molar-refractivity contribution >= 4 is 11.7 Å². The Morgan fingerprint density at radius 3 is 3.00 bits per heavy atom. The average molecular weight is 325 g/mol. The van der Waals surface area contributed by atoms with Crippen molar-refractivity contribution in [2.45, 2.75) is 25.8 Å². The van der Waals surface area contributed by atoms with E-state index in [1.54, 1.807) is 17.0 Å². The van der Waals surface area contributed by atoms with Crippen LogP contribution in [0.25, 0.3) is 0 Å². The minimum absolute atomic E-state index is 0.0164. The maximum atomic E-state index is 12.7. The maximum absolute atomic E-state index is 12.7. The first kappa shape index (κ1) is 16.0. The number of anilines is 1. The Kier molecular flexibility index (Phi) is 4.47. The van der Waals surface area contributed by atoms with Crippen LogP contribution in [-0.4, -0.2) is 41.1 Å². The second-order valence-electron chi connectivity index (χ2n) is 5.98. The number of likely N-dealkylation sites (N-methyl/N-ethyl adjacent to an activating group) is 1. The summed E-state index contributed by atoms with van der Waals surface area (Å²) in [6.07, 6.45) is 3.37. The van der Waals surface area contributed by atoms with Gasteiger partial charge in [0.05, 0.1) is 18.2 Å². The van der Waals surface area contributed by atoms with Crippen LogP contribution in [-0.2, 0) is 4.79 Å². The molecule has 3 heterocycles. The Labute approximate surface area is 140 Å². The SMILES string of the molecule is Cc1cc([C@@H]2CCCN2C(=O)CN(C)c2ccc(C#N)cn2)no1. The number of nitrogens with zero attached hydrogens (tertiary/aromatic N) is 5. The van der Waals surface area contributed by atoms with E-state index in [0.29, 0.717) is 11.4 Å². The van der Waals surface area contributed by atoms with Crippen molar-refractivity contribution in [1.29, 1.82) is 5.26 Å². The zero-order valence-corrected chi connectivity index (χ0v) is 13.8. The van der Waals surface area contributed by atoms with E-state index in [2.05, 4.69) is 10.1 Å². The van der Waals surface area contributed by atoms with Gasteiger partial charge >= 0.3 is 0 Å². The highest BCUT2D eigenvalue weighted by atomic mass is 16.5. The molecule has 0 saturated carbocycles. The number of aromatic nitrogens is 2. The van der Waals surface area contributed by atoms with Crippen LogP contribution in [0.2, 0.25) is 0 Å². The summed E-state index contributed by atoms with van der Waals surface area (Å²) in [5, 5.41) is 12.9. The van der Waals surface area contributed by atoms with E-state index in [0.717, 1.165) is 30.8 Å². The van der Waals surface area contributed by atoms with Gasteiger partial charge in [-0.05, 0) is 31.9 Å². The molecule has 0 unspecified atom stereocenters. The number of aryl methyl sites for hydroxylation is 1. The van der Waals surface area contributed by atoms with Gasteiger partial charge in [-0.1, -0.05) is 5.16 Å². The Morgan fingerprint density at radius 2 is 2.38 bits per heavy atom. The lowest BCUT2D eigenvalue weighted by molar-refractivity contribution is -0.130. The predicted molar refractivity (Wildman–Crippen MR) is 87.2 cm³/mol. The molecule has 24 heavy (non-hydrogen) atoms. The van der Waals surface area contributed by atoms with Gasteiger partial charge in [-0.3, -0.25) is 4.79 Å². The molecular formula is C17H19N5O2. The summed E-state index contributed by atoms with van der Waals surface area (Å²) in [5.74, 6) is 1.45. The van der Waals surface area contributed by atoms with Gasteiger partial charge in [0.15, 0.2) is 0 Å². The maximum Gasteiger partial charge on any atom is 0.242 e. The summed E-state index contributed by atoms with van der Waals surface area (Å²) in [4.78, 5) is 20.5. The number of pyridine rings is 1. The minimum Gasteiger partial charge on any atom is -0.361 e. The third kappa shape index (κ3) is 3.23. The first-order chi connectivity index (χ1) is 11.6. The fourth-order valence-electron chi connectivity index (χ4n) is 2.97. The van der Waals surface area contributed by atoms with E-state index >= 15 is 0 Å².